The molecule has 0 aromatic carbocycles. The molecule has 10 nitrogen and oxygen atoms in total. The van der Waals surface area contributed by atoms with E-state index in [4.69, 9.17) is 5.73 Å². The highest BCUT2D eigenvalue weighted by molar-refractivity contribution is 6.38. The van der Waals surface area contributed by atoms with E-state index in [1.54, 1.807) is 0 Å². The Labute approximate surface area is 222 Å². The van der Waals surface area contributed by atoms with Crippen molar-refractivity contribution in [2.75, 3.05) is 13.1 Å². The largest absolute Gasteiger partial charge is 0.352 e. The molecule has 10 heteroatoms. The molecule has 5 amide bonds. The average molecular weight is 524 g/mol. The third-order valence-electron chi connectivity index (χ3n) is 6.90. The van der Waals surface area contributed by atoms with Gasteiger partial charge in [-0.15, -0.1) is 6.58 Å². The van der Waals surface area contributed by atoms with E-state index < -0.39 is 29.8 Å². The minimum atomic E-state index is -0.725. The number of nitrogens with zero attached hydrogens (tertiary/aromatic N) is 1. The number of ketones is 1. The summed E-state index contributed by atoms with van der Waals surface area (Å²) in [7, 11) is 0. The van der Waals surface area contributed by atoms with Crippen LogP contribution in [0.1, 0.15) is 86.0 Å². The Hall–Kier alpha value is -2.91. The first kappa shape index (κ1) is 34.1. The third kappa shape index (κ3) is 11.8. The van der Waals surface area contributed by atoms with E-state index in [1.807, 2.05) is 25.7 Å². The van der Waals surface area contributed by atoms with Gasteiger partial charge >= 0.3 is 6.03 Å². The molecule has 2 fully saturated rings. The number of Topliss-reactive ketones (excluding diaryl/α,β-unsaturated/α-hetero) is 1. The zero-order valence-corrected chi connectivity index (χ0v) is 23.4. The molecule has 4 atom stereocenters. The van der Waals surface area contributed by atoms with Gasteiger partial charge in [-0.2, -0.15) is 0 Å². The summed E-state index contributed by atoms with van der Waals surface area (Å²) in [5.74, 6) is -0.479. The van der Waals surface area contributed by atoms with Crippen LogP contribution in [0.15, 0.2) is 12.7 Å². The fraction of sp³-hybridized carbons (Fsp3) is 0.741. The van der Waals surface area contributed by atoms with E-state index in [1.165, 1.54) is 12.5 Å². The van der Waals surface area contributed by atoms with E-state index >= 15 is 0 Å². The first-order valence-electron chi connectivity index (χ1n) is 13.7. The predicted octanol–water partition coefficient (Wildman–Crippen LogP) is 2.66. The number of likely N-dealkylation sites (tertiary alicyclic amines) is 1. The summed E-state index contributed by atoms with van der Waals surface area (Å²) in [4.78, 5) is 58.9. The molecule has 2 aliphatic rings. The van der Waals surface area contributed by atoms with Crippen molar-refractivity contribution in [2.24, 2.45) is 17.6 Å². The molecule has 0 spiro atoms. The second kappa shape index (κ2) is 19.2. The Kier molecular flexibility index (Phi) is 17.7. The molecule has 5 N–H and O–H groups in total. The van der Waals surface area contributed by atoms with Crippen molar-refractivity contribution >= 4 is 30.0 Å². The molecule has 212 valence electrons. The van der Waals surface area contributed by atoms with Gasteiger partial charge in [0.05, 0.1) is 6.04 Å². The van der Waals surface area contributed by atoms with Crippen LogP contribution in [0.5, 0.6) is 0 Å². The predicted molar refractivity (Wildman–Crippen MR) is 145 cm³/mol. The van der Waals surface area contributed by atoms with Gasteiger partial charge in [0, 0.05) is 19.1 Å². The summed E-state index contributed by atoms with van der Waals surface area (Å²) in [6.45, 7) is 14.6. The normalized spacial score (nSPS) is 20.5. The molecule has 1 saturated carbocycles. The number of nitrogens with two attached hydrogens (primary N) is 1. The summed E-state index contributed by atoms with van der Waals surface area (Å²) >= 11 is 0. The molecule has 1 aliphatic heterocycles. The number of hydrogen-bond donors (Lipinski definition) is 4. The number of primary amides is 1. The van der Waals surface area contributed by atoms with Crippen LogP contribution in [0.4, 0.5) is 4.79 Å². The molecule has 2 rings (SSSR count). The van der Waals surface area contributed by atoms with Crippen LogP contribution >= 0.6 is 0 Å². The second-order valence-corrected chi connectivity index (χ2v) is 9.41. The lowest BCUT2D eigenvalue weighted by molar-refractivity contribution is -0.139. The molecular weight excluding hydrogens is 474 g/mol. The molecular formula is C27H49N5O5. The molecule has 0 aromatic heterocycles. The molecule has 0 bridgehead atoms. The van der Waals surface area contributed by atoms with Crippen molar-refractivity contribution in [3.63, 3.8) is 0 Å². The zero-order chi connectivity index (χ0) is 28.4. The Bertz CT molecular complexity index is 739. The van der Waals surface area contributed by atoms with Crippen molar-refractivity contribution in [1.82, 2.24) is 20.9 Å². The van der Waals surface area contributed by atoms with E-state index in [9.17, 15) is 24.0 Å². The molecule has 37 heavy (non-hydrogen) atoms. The summed E-state index contributed by atoms with van der Waals surface area (Å²) in [5, 5.41) is 7.40. The topological polar surface area (TPSA) is 151 Å². The quantitative estimate of drug-likeness (QED) is 0.186. The van der Waals surface area contributed by atoms with Crippen LogP contribution in [0, 0.1) is 11.8 Å². The lowest BCUT2D eigenvalue weighted by Crippen LogP contribution is -2.54. The van der Waals surface area contributed by atoms with Crippen LogP contribution in [-0.4, -0.2) is 66.2 Å². The highest BCUT2D eigenvalue weighted by Gasteiger charge is 2.38. The number of carbonyl (C=O) groups is 5. The average Bonchev–Trinajstić information content (AvgIpc) is 3.24. The molecule has 0 radical (unpaired) electrons. The van der Waals surface area contributed by atoms with Gasteiger partial charge in [0.2, 0.25) is 18.1 Å². The number of carbonyl (C=O) groups excluding carboxylic acids is 5. The minimum Gasteiger partial charge on any atom is -0.352 e. The number of hydrogen-bond acceptors (Lipinski definition) is 5. The lowest BCUT2D eigenvalue weighted by Gasteiger charge is -2.34. The first-order valence-corrected chi connectivity index (χ1v) is 13.7. The standard InChI is InChI=1S/C15H27N3O2.C10H16N2O3.C2H6/c1-10-8-9-18(11(10)2)14(19)13(17-15(16)20)12-6-4-3-5-7-12;1-3-5-8(12-7-13)9(14)10(15)11-6-4-2;1-2/h10-13H,3-9H2,1-2H3,(H3,16,17,20);4,7-8H,2-3,5-6H2,1H3,(H,11,15)(H,12,13);1-2H3. The number of amides is 5. The van der Waals surface area contributed by atoms with Crippen molar-refractivity contribution in [2.45, 2.75) is 104 Å². The number of nitrogens with one attached hydrogen (secondary N) is 3. The van der Waals surface area contributed by atoms with Gasteiger partial charge < -0.3 is 26.6 Å². The Balaban J connectivity index is 0.000000684. The SMILES string of the molecule is C=CCNC(=O)C(=O)C(CCC)NC=O.CC.CC1CCN(C(=O)C(NC(N)=O)C2CCCCC2)C1C. The van der Waals surface area contributed by atoms with Crippen LogP contribution in [-0.2, 0) is 19.2 Å². The van der Waals surface area contributed by atoms with E-state index in [0.29, 0.717) is 25.2 Å². The van der Waals surface area contributed by atoms with Crippen molar-refractivity contribution in [3.8, 4) is 0 Å². The Morgan fingerprint density at radius 3 is 2.16 bits per heavy atom. The van der Waals surface area contributed by atoms with Gasteiger partial charge in [0.25, 0.3) is 5.91 Å². The van der Waals surface area contributed by atoms with Gasteiger partial charge in [-0.05, 0) is 44.4 Å². The fourth-order valence-corrected chi connectivity index (χ4v) is 4.66. The van der Waals surface area contributed by atoms with Gasteiger partial charge in [-0.25, -0.2) is 4.79 Å². The zero-order valence-electron chi connectivity index (χ0n) is 23.4. The van der Waals surface area contributed by atoms with Crippen LogP contribution in [0.3, 0.4) is 0 Å². The minimum absolute atomic E-state index is 0.0625. The first-order chi connectivity index (χ1) is 17.7. The monoisotopic (exact) mass is 523 g/mol. The van der Waals surface area contributed by atoms with Crippen molar-refractivity contribution < 1.29 is 24.0 Å². The summed E-state index contributed by atoms with van der Waals surface area (Å²) in [6.07, 6.45) is 9.65. The van der Waals surface area contributed by atoms with E-state index in [0.717, 1.165) is 38.6 Å². The van der Waals surface area contributed by atoms with Gasteiger partial charge in [0.15, 0.2) is 0 Å². The molecule has 0 aromatic rings. The Morgan fingerprint density at radius 1 is 1.08 bits per heavy atom. The molecule has 4 unspecified atom stereocenters. The number of rotatable bonds is 11. The van der Waals surface area contributed by atoms with Crippen LogP contribution in [0.2, 0.25) is 0 Å². The van der Waals surface area contributed by atoms with E-state index in [-0.39, 0.29) is 24.4 Å². The second-order valence-electron chi connectivity index (χ2n) is 9.41. The van der Waals surface area contributed by atoms with Crippen LogP contribution < -0.4 is 21.7 Å². The summed E-state index contributed by atoms with van der Waals surface area (Å²) in [5.41, 5.74) is 5.28. The maximum Gasteiger partial charge on any atom is 0.312 e. The number of urea groups is 1. The fourth-order valence-electron chi connectivity index (χ4n) is 4.66. The highest BCUT2D eigenvalue weighted by atomic mass is 16.2. The van der Waals surface area contributed by atoms with Gasteiger partial charge in [-0.1, -0.05) is 59.5 Å². The van der Waals surface area contributed by atoms with Crippen molar-refractivity contribution in [1.29, 1.82) is 0 Å². The van der Waals surface area contributed by atoms with Crippen LogP contribution in [0.25, 0.3) is 0 Å². The molecule has 1 heterocycles. The summed E-state index contributed by atoms with van der Waals surface area (Å²) < 4.78 is 0. The highest BCUT2D eigenvalue weighted by Crippen LogP contribution is 2.30. The smallest absolute Gasteiger partial charge is 0.312 e. The summed E-state index contributed by atoms with van der Waals surface area (Å²) in [6, 6.07) is -1.49. The van der Waals surface area contributed by atoms with Crippen molar-refractivity contribution in [3.05, 3.63) is 12.7 Å². The van der Waals surface area contributed by atoms with Gasteiger partial charge in [0.1, 0.15) is 6.04 Å². The lowest BCUT2D eigenvalue weighted by atomic mass is 9.83. The maximum atomic E-state index is 12.8. The Morgan fingerprint density at radius 2 is 1.70 bits per heavy atom. The van der Waals surface area contributed by atoms with E-state index in [2.05, 4.69) is 36.4 Å². The third-order valence-corrected chi connectivity index (χ3v) is 6.90. The molecule has 1 aliphatic carbocycles. The van der Waals surface area contributed by atoms with Gasteiger partial charge in [-0.3, -0.25) is 19.2 Å². The molecule has 1 saturated heterocycles. The maximum absolute atomic E-state index is 12.8.